The van der Waals surface area contributed by atoms with Crippen LogP contribution in [0, 0.1) is 0 Å². The summed E-state index contributed by atoms with van der Waals surface area (Å²) in [5.74, 6) is -2.02. The molecular weight excluding hydrogens is 262 g/mol. The van der Waals surface area contributed by atoms with Gasteiger partial charge in [-0.2, -0.15) is 0 Å². The van der Waals surface area contributed by atoms with Crippen molar-refractivity contribution in [2.24, 2.45) is 0 Å². The lowest BCUT2D eigenvalue weighted by molar-refractivity contribution is -0.131. The first-order chi connectivity index (χ1) is 9.49. The number of rotatable bonds is 5. The first-order valence-corrected chi connectivity index (χ1v) is 5.85. The van der Waals surface area contributed by atoms with Crippen LogP contribution in [0.1, 0.15) is 5.56 Å². The number of carboxylic acid groups (broad SMARTS) is 1. The first kappa shape index (κ1) is 15.4. The van der Waals surface area contributed by atoms with Crippen LogP contribution >= 0.6 is 0 Å². The number of pyridine rings is 1. The Kier molecular flexibility index (Phi) is 5.89. The summed E-state index contributed by atoms with van der Waals surface area (Å²) in [6.45, 7) is 0.422. The highest BCUT2D eigenvalue weighted by atomic mass is 16.4. The van der Waals surface area contributed by atoms with E-state index in [0.29, 0.717) is 19.0 Å². The summed E-state index contributed by atoms with van der Waals surface area (Å²) in [6.07, 6.45) is 5.41. The number of carboxylic acids is 1. The molecule has 1 aromatic heterocycles. The molecule has 1 aromatic rings. The molecule has 2 N–H and O–H groups in total. The summed E-state index contributed by atoms with van der Waals surface area (Å²) in [5.41, 5.74) is 1.02. The fraction of sp³-hybridized carbons (Fsp3) is 0.231. The lowest BCUT2D eigenvalue weighted by Gasteiger charge is -2.16. The summed E-state index contributed by atoms with van der Waals surface area (Å²) in [5, 5.41) is 10.4. The number of carbonyl (C=O) groups excluding carboxylic acids is 2. The smallest absolute Gasteiger partial charge is 0.328 e. The quantitative estimate of drug-likeness (QED) is 0.760. The zero-order chi connectivity index (χ0) is 15.0. The molecule has 3 amide bonds. The number of aliphatic carboxylic acids is 1. The highest BCUT2D eigenvalue weighted by molar-refractivity contribution is 6.02. The van der Waals surface area contributed by atoms with E-state index in [1.807, 2.05) is 12.1 Å². The molecule has 0 radical (unpaired) electrons. The molecule has 106 valence electrons. The lowest BCUT2D eigenvalue weighted by Crippen LogP contribution is -2.40. The van der Waals surface area contributed by atoms with Crippen molar-refractivity contribution in [1.82, 2.24) is 15.2 Å². The molecule has 0 aromatic carbocycles. The number of hydrogen-bond acceptors (Lipinski definition) is 4. The summed E-state index contributed by atoms with van der Waals surface area (Å²) in [4.78, 5) is 38.3. The van der Waals surface area contributed by atoms with Gasteiger partial charge >= 0.3 is 12.0 Å². The Morgan fingerprint density at radius 2 is 1.95 bits per heavy atom. The number of likely N-dealkylation sites (N-methyl/N-ethyl adjacent to an activating group) is 1. The Bertz CT molecular complexity index is 514. The molecular formula is C13H15N3O4. The first-order valence-electron chi connectivity index (χ1n) is 5.85. The van der Waals surface area contributed by atoms with Crippen LogP contribution in [-0.4, -0.2) is 46.5 Å². The molecule has 0 saturated carbocycles. The van der Waals surface area contributed by atoms with E-state index in [9.17, 15) is 14.4 Å². The molecule has 0 bridgehead atoms. The Morgan fingerprint density at radius 1 is 1.30 bits per heavy atom. The number of nitrogens with zero attached hydrogens (tertiary/aromatic N) is 2. The molecule has 7 heteroatoms. The van der Waals surface area contributed by atoms with Crippen molar-refractivity contribution in [2.45, 2.75) is 6.42 Å². The van der Waals surface area contributed by atoms with E-state index in [0.717, 1.165) is 11.6 Å². The molecule has 1 rings (SSSR count). The van der Waals surface area contributed by atoms with Crippen molar-refractivity contribution in [1.29, 1.82) is 0 Å². The maximum Gasteiger partial charge on any atom is 0.328 e. The van der Waals surface area contributed by atoms with Gasteiger partial charge in [0, 0.05) is 38.1 Å². The minimum Gasteiger partial charge on any atom is -0.478 e. The molecule has 0 unspecified atom stereocenters. The topological polar surface area (TPSA) is 99.6 Å². The third-order valence-corrected chi connectivity index (χ3v) is 2.44. The average molecular weight is 277 g/mol. The van der Waals surface area contributed by atoms with Gasteiger partial charge in [0.1, 0.15) is 0 Å². The van der Waals surface area contributed by atoms with Crippen LogP contribution in [0.5, 0.6) is 0 Å². The fourth-order valence-corrected chi connectivity index (χ4v) is 1.34. The monoisotopic (exact) mass is 277 g/mol. The van der Waals surface area contributed by atoms with Gasteiger partial charge in [0.2, 0.25) is 0 Å². The molecule has 0 aliphatic carbocycles. The highest BCUT2D eigenvalue weighted by Gasteiger charge is 2.10. The van der Waals surface area contributed by atoms with Crippen molar-refractivity contribution in [2.75, 3.05) is 13.6 Å². The molecule has 7 nitrogen and oxygen atoms in total. The van der Waals surface area contributed by atoms with E-state index in [1.165, 1.54) is 4.90 Å². The molecule has 0 spiro atoms. The van der Waals surface area contributed by atoms with Crippen molar-refractivity contribution in [3.05, 3.63) is 42.2 Å². The van der Waals surface area contributed by atoms with Crippen LogP contribution in [0.4, 0.5) is 4.79 Å². The third kappa shape index (κ3) is 5.76. The summed E-state index contributed by atoms with van der Waals surface area (Å²) < 4.78 is 0. The second kappa shape index (κ2) is 7.67. The van der Waals surface area contributed by atoms with Gasteiger partial charge in [-0.3, -0.25) is 15.1 Å². The predicted octanol–water partition coefficient (Wildman–Crippen LogP) is 0.433. The molecule has 20 heavy (non-hydrogen) atoms. The van der Waals surface area contributed by atoms with Gasteiger partial charge in [-0.25, -0.2) is 9.59 Å². The van der Waals surface area contributed by atoms with Gasteiger partial charge in [-0.05, 0) is 24.1 Å². The summed E-state index contributed by atoms with van der Waals surface area (Å²) in [7, 11) is 1.55. The number of nitrogens with one attached hydrogen (secondary N) is 1. The Hall–Kier alpha value is -2.70. The van der Waals surface area contributed by atoms with Gasteiger partial charge in [-0.15, -0.1) is 0 Å². The second-order valence-corrected chi connectivity index (χ2v) is 3.99. The van der Waals surface area contributed by atoms with E-state index in [1.54, 1.807) is 19.4 Å². The number of amides is 3. The SMILES string of the molecule is CN(CCc1ccncc1)C(=O)NC(=O)C=CC(=O)O. The van der Waals surface area contributed by atoms with E-state index >= 15 is 0 Å². The largest absolute Gasteiger partial charge is 0.478 e. The van der Waals surface area contributed by atoms with Gasteiger partial charge in [-0.1, -0.05) is 0 Å². The van der Waals surface area contributed by atoms with Crippen LogP contribution in [0.3, 0.4) is 0 Å². The predicted molar refractivity (Wildman–Crippen MR) is 70.9 cm³/mol. The van der Waals surface area contributed by atoms with Crippen LogP contribution < -0.4 is 5.32 Å². The van der Waals surface area contributed by atoms with Crippen LogP contribution in [-0.2, 0) is 16.0 Å². The molecule has 0 aliphatic rings. The minimum atomic E-state index is -1.25. The van der Waals surface area contributed by atoms with Crippen molar-refractivity contribution < 1.29 is 19.5 Å². The van der Waals surface area contributed by atoms with E-state index in [4.69, 9.17) is 5.11 Å². The Morgan fingerprint density at radius 3 is 2.55 bits per heavy atom. The zero-order valence-electron chi connectivity index (χ0n) is 10.9. The number of carbonyl (C=O) groups is 3. The number of aromatic nitrogens is 1. The summed E-state index contributed by atoms with van der Waals surface area (Å²) in [6, 6.07) is 3.10. The van der Waals surface area contributed by atoms with Crippen molar-refractivity contribution in [3.63, 3.8) is 0 Å². The number of hydrogen-bond donors (Lipinski definition) is 2. The van der Waals surface area contributed by atoms with Gasteiger partial charge in [0.25, 0.3) is 5.91 Å². The van der Waals surface area contributed by atoms with E-state index < -0.39 is 17.9 Å². The second-order valence-electron chi connectivity index (χ2n) is 3.99. The molecule has 1 heterocycles. The maximum absolute atomic E-state index is 11.6. The lowest BCUT2D eigenvalue weighted by atomic mass is 10.2. The normalized spacial score (nSPS) is 10.2. The maximum atomic E-state index is 11.6. The minimum absolute atomic E-state index is 0.422. The fourth-order valence-electron chi connectivity index (χ4n) is 1.34. The highest BCUT2D eigenvalue weighted by Crippen LogP contribution is 1.99. The standard InChI is InChI=1S/C13H15N3O4/c1-16(9-6-10-4-7-14-8-5-10)13(20)15-11(17)2-3-12(18)19/h2-5,7-8H,6,9H2,1H3,(H,18,19)(H,15,17,20). The zero-order valence-corrected chi connectivity index (χ0v) is 10.9. The van der Waals surface area contributed by atoms with Crippen LogP contribution in [0.25, 0.3) is 0 Å². The van der Waals surface area contributed by atoms with Crippen molar-refractivity contribution >= 4 is 17.9 Å². The Balaban J connectivity index is 2.39. The number of imide groups is 1. The van der Waals surface area contributed by atoms with Crippen LogP contribution in [0.2, 0.25) is 0 Å². The van der Waals surface area contributed by atoms with Crippen molar-refractivity contribution in [3.8, 4) is 0 Å². The van der Waals surface area contributed by atoms with E-state index in [-0.39, 0.29) is 0 Å². The molecule has 0 aliphatic heterocycles. The molecule has 0 saturated heterocycles. The molecule has 0 atom stereocenters. The van der Waals surface area contributed by atoms with E-state index in [2.05, 4.69) is 10.3 Å². The third-order valence-electron chi connectivity index (χ3n) is 2.44. The Labute approximate surface area is 115 Å². The summed E-state index contributed by atoms with van der Waals surface area (Å²) >= 11 is 0. The van der Waals surface area contributed by atoms with Gasteiger partial charge in [0.15, 0.2) is 0 Å². The average Bonchev–Trinajstić information content (AvgIpc) is 2.43. The number of urea groups is 1. The van der Waals surface area contributed by atoms with Gasteiger partial charge in [0.05, 0.1) is 0 Å². The van der Waals surface area contributed by atoms with Crippen LogP contribution in [0.15, 0.2) is 36.7 Å². The molecule has 0 fully saturated rings. The van der Waals surface area contributed by atoms with Gasteiger partial charge < -0.3 is 10.0 Å².